The zero-order valence-corrected chi connectivity index (χ0v) is 11.8. The molecule has 102 valence electrons. The monoisotopic (exact) mass is 251 g/mol. The molecule has 0 amide bonds. The van der Waals surface area contributed by atoms with Crippen molar-refractivity contribution in [3.8, 4) is 0 Å². The molecule has 1 aliphatic rings. The van der Waals surface area contributed by atoms with Gasteiger partial charge in [0.25, 0.3) is 0 Å². The first-order valence-corrected chi connectivity index (χ1v) is 6.91. The number of hydrogen-bond donors (Lipinski definition) is 1. The van der Waals surface area contributed by atoms with E-state index in [1.165, 1.54) is 18.4 Å². The molecule has 18 heavy (non-hydrogen) atoms. The molecule has 0 bridgehead atoms. The van der Waals surface area contributed by atoms with Crippen molar-refractivity contribution in [2.45, 2.75) is 59.2 Å². The molecule has 0 spiro atoms. The third-order valence-electron chi connectivity index (χ3n) is 3.23. The van der Waals surface area contributed by atoms with Gasteiger partial charge < -0.3 is 14.5 Å². The van der Waals surface area contributed by atoms with E-state index in [9.17, 15) is 0 Å². The Morgan fingerprint density at radius 2 is 2.17 bits per heavy atom. The van der Waals surface area contributed by atoms with E-state index in [0.29, 0.717) is 12.0 Å². The van der Waals surface area contributed by atoms with Crippen molar-refractivity contribution in [2.75, 3.05) is 6.61 Å². The molecule has 3 heteroatoms. The summed E-state index contributed by atoms with van der Waals surface area (Å²) in [5.41, 5.74) is 1.57. The minimum absolute atomic E-state index is 0.333. The van der Waals surface area contributed by atoms with Crippen LogP contribution in [-0.4, -0.2) is 12.6 Å². The van der Waals surface area contributed by atoms with Crippen molar-refractivity contribution < 1.29 is 9.15 Å². The molecule has 1 N–H and O–H groups in total. The first kappa shape index (κ1) is 13.6. The molecule has 1 fully saturated rings. The first-order chi connectivity index (χ1) is 8.54. The number of hydrogen-bond acceptors (Lipinski definition) is 3. The minimum atomic E-state index is 0.333. The minimum Gasteiger partial charge on any atom is -0.467 e. The Bertz CT molecular complexity index is 361. The van der Waals surface area contributed by atoms with Gasteiger partial charge in [-0.1, -0.05) is 20.8 Å². The van der Waals surface area contributed by atoms with E-state index >= 15 is 0 Å². The van der Waals surface area contributed by atoms with Crippen LogP contribution in [0.1, 0.15) is 51.4 Å². The van der Waals surface area contributed by atoms with E-state index in [4.69, 9.17) is 9.15 Å². The Morgan fingerprint density at radius 1 is 1.39 bits per heavy atom. The highest BCUT2D eigenvalue weighted by Gasteiger charge is 2.21. The third-order valence-corrected chi connectivity index (χ3v) is 3.23. The second-order valence-electron chi connectivity index (χ2n) is 6.39. The fourth-order valence-electron chi connectivity index (χ4n) is 1.74. The molecule has 1 aromatic heterocycles. The van der Waals surface area contributed by atoms with E-state index in [1.807, 2.05) is 6.07 Å². The molecular weight excluding hydrogens is 226 g/mol. The molecule has 0 aromatic carbocycles. The van der Waals surface area contributed by atoms with Crippen LogP contribution < -0.4 is 5.32 Å². The largest absolute Gasteiger partial charge is 0.467 e. The summed E-state index contributed by atoms with van der Waals surface area (Å²) in [4.78, 5) is 0. The first-order valence-electron chi connectivity index (χ1n) is 6.91. The van der Waals surface area contributed by atoms with E-state index < -0.39 is 0 Å². The van der Waals surface area contributed by atoms with Crippen molar-refractivity contribution in [1.82, 2.24) is 5.32 Å². The van der Waals surface area contributed by atoms with E-state index in [-0.39, 0.29) is 0 Å². The Labute approximate surface area is 110 Å². The molecule has 0 saturated heterocycles. The van der Waals surface area contributed by atoms with Gasteiger partial charge >= 0.3 is 0 Å². The number of furan rings is 1. The fourth-order valence-corrected chi connectivity index (χ4v) is 1.74. The fraction of sp³-hybridized carbons (Fsp3) is 0.733. The second kappa shape index (κ2) is 5.89. The summed E-state index contributed by atoms with van der Waals surface area (Å²) >= 11 is 0. The molecule has 0 aliphatic heterocycles. The lowest BCUT2D eigenvalue weighted by atomic mass is 9.93. The predicted molar refractivity (Wildman–Crippen MR) is 72.3 cm³/mol. The van der Waals surface area contributed by atoms with Crippen LogP contribution in [0.15, 0.2) is 16.7 Å². The van der Waals surface area contributed by atoms with Crippen molar-refractivity contribution in [2.24, 2.45) is 5.41 Å². The number of nitrogens with one attached hydrogen (secondary N) is 1. The van der Waals surface area contributed by atoms with Crippen LogP contribution in [-0.2, 0) is 17.9 Å². The average Bonchev–Trinajstić information content (AvgIpc) is 3.01. The van der Waals surface area contributed by atoms with Crippen LogP contribution in [0.2, 0.25) is 0 Å². The lowest BCUT2D eigenvalue weighted by molar-refractivity contribution is 0.0837. The van der Waals surface area contributed by atoms with Crippen molar-refractivity contribution in [3.05, 3.63) is 23.7 Å². The summed E-state index contributed by atoms with van der Waals surface area (Å²) < 4.78 is 11.2. The van der Waals surface area contributed by atoms with E-state index in [2.05, 4.69) is 26.1 Å². The molecule has 0 atom stereocenters. The molecule has 3 nitrogen and oxygen atoms in total. The smallest absolute Gasteiger partial charge is 0.133 e. The Hall–Kier alpha value is -0.800. The highest BCUT2D eigenvalue weighted by Crippen LogP contribution is 2.21. The summed E-state index contributed by atoms with van der Waals surface area (Å²) in [5, 5.41) is 3.50. The van der Waals surface area contributed by atoms with Crippen molar-refractivity contribution in [3.63, 3.8) is 0 Å². The normalized spacial score (nSPS) is 16.2. The molecule has 0 unspecified atom stereocenters. The third kappa shape index (κ3) is 4.83. The molecule has 0 radical (unpaired) electrons. The molecular formula is C15H25NO2. The Kier molecular flexibility index (Phi) is 4.46. The average molecular weight is 251 g/mol. The number of rotatable bonds is 7. The van der Waals surface area contributed by atoms with E-state index in [0.717, 1.165) is 31.4 Å². The molecule has 1 aromatic rings. The molecule has 1 heterocycles. The van der Waals surface area contributed by atoms with Crippen LogP contribution in [0, 0.1) is 5.41 Å². The second-order valence-corrected chi connectivity index (χ2v) is 6.39. The van der Waals surface area contributed by atoms with Gasteiger partial charge in [0.2, 0.25) is 0 Å². The summed E-state index contributed by atoms with van der Waals surface area (Å²) in [6, 6.07) is 2.77. The number of ether oxygens (including phenoxy) is 1. The van der Waals surface area contributed by atoms with Crippen LogP contribution in [0.5, 0.6) is 0 Å². The highest BCUT2D eigenvalue weighted by atomic mass is 16.5. The summed E-state index contributed by atoms with van der Waals surface area (Å²) in [7, 11) is 0. The zero-order chi connectivity index (χ0) is 13.0. The SMILES string of the molecule is CC(C)(C)CCOCc1occc1CNC1CC1. The zero-order valence-electron chi connectivity index (χ0n) is 11.8. The Morgan fingerprint density at radius 3 is 2.83 bits per heavy atom. The van der Waals surface area contributed by atoms with Crippen LogP contribution in [0.3, 0.4) is 0 Å². The molecule has 1 aliphatic carbocycles. The van der Waals surface area contributed by atoms with Gasteiger partial charge in [-0.25, -0.2) is 0 Å². The molecule has 2 rings (SSSR count). The standard InChI is InChI=1S/C15H25NO2/c1-15(2,3)7-9-17-11-14-12(6-8-18-14)10-16-13-4-5-13/h6,8,13,16H,4-5,7,9-11H2,1-3H3. The van der Waals surface area contributed by atoms with Gasteiger partial charge in [0.1, 0.15) is 12.4 Å². The predicted octanol–water partition coefficient (Wildman–Crippen LogP) is 3.48. The lowest BCUT2D eigenvalue weighted by Gasteiger charge is -2.17. The summed E-state index contributed by atoms with van der Waals surface area (Å²) in [6.07, 6.45) is 5.46. The van der Waals surface area contributed by atoms with Gasteiger partial charge in [0, 0.05) is 24.8 Å². The van der Waals surface area contributed by atoms with Gasteiger partial charge in [-0.05, 0) is 30.7 Å². The maximum atomic E-state index is 5.70. The van der Waals surface area contributed by atoms with E-state index in [1.54, 1.807) is 6.26 Å². The maximum absolute atomic E-state index is 5.70. The van der Waals surface area contributed by atoms with Gasteiger partial charge in [0.05, 0.1) is 6.26 Å². The van der Waals surface area contributed by atoms with Gasteiger partial charge in [0.15, 0.2) is 0 Å². The van der Waals surface area contributed by atoms with Crippen LogP contribution >= 0.6 is 0 Å². The van der Waals surface area contributed by atoms with Gasteiger partial charge in [-0.2, -0.15) is 0 Å². The lowest BCUT2D eigenvalue weighted by Crippen LogP contribution is -2.16. The highest BCUT2D eigenvalue weighted by molar-refractivity contribution is 5.16. The topological polar surface area (TPSA) is 34.4 Å². The summed E-state index contributed by atoms with van der Waals surface area (Å²) in [6.45, 7) is 8.97. The van der Waals surface area contributed by atoms with Crippen LogP contribution in [0.4, 0.5) is 0 Å². The van der Waals surface area contributed by atoms with Gasteiger partial charge in [-0.15, -0.1) is 0 Å². The summed E-state index contributed by atoms with van der Waals surface area (Å²) in [5.74, 6) is 0.969. The van der Waals surface area contributed by atoms with Crippen molar-refractivity contribution in [1.29, 1.82) is 0 Å². The van der Waals surface area contributed by atoms with Gasteiger partial charge in [-0.3, -0.25) is 0 Å². The maximum Gasteiger partial charge on any atom is 0.133 e. The Balaban J connectivity index is 1.69. The quantitative estimate of drug-likeness (QED) is 0.753. The van der Waals surface area contributed by atoms with Crippen LogP contribution in [0.25, 0.3) is 0 Å². The molecule has 1 saturated carbocycles. The van der Waals surface area contributed by atoms with Crippen molar-refractivity contribution >= 4 is 0 Å².